The fraction of sp³-hybridized carbons (Fsp3) is 0.846. The Morgan fingerprint density at radius 3 is 2.53 bits per heavy atom. The summed E-state index contributed by atoms with van der Waals surface area (Å²) in [6.45, 7) is 7.93. The van der Waals surface area contributed by atoms with E-state index in [1.54, 1.807) is 0 Å². The second-order valence-electron chi connectivity index (χ2n) is 4.87. The van der Waals surface area contributed by atoms with Gasteiger partial charge >= 0.3 is 12.0 Å². The Labute approximate surface area is 115 Å². The van der Waals surface area contributed by atoms with Crippen molar-refractivity contribution < 1.29 is 19.4 Å². The average molecular weight is 274 g/mol. The number of ether oxygens (including phenoxy) is 1. The first-order chi connectivity index (χ1) is 8.97. The van der Waals surface area contributed by atoms with E-state index in [4.69, 9.17) is 9.84 Å². The number of urea groups is 1. The molecule has 0 aromatic heterocycles. The quantitative estimate of drug-likeness (QED) is 0.592. The minimum Gasteiger partial charge on any atom is -0.480 e. The summed E-state index contributed by atoms with van der Waals surface area (Å²) in [5, 5.41) is 11.5. The molecule has 0 atom stereocenters. The van der Waals surface area contributed by atoms with Gasteiger partial charge in [0, 0.05) is 26.3 Å². The van der Waals surface area contributed by atoms with Crippen LogP contribution in [0.2, 0.25) is 0 Å². The number of aliphatic carboxylic acids is 1. The number of amides is 2. The lowest BCUT2D eigenvalue weighted by molar-refractivity contribution is -0.137. The second kappa shape index (κ2) is 10.6. The minimum atomic E-state index is -0.998. The molecule has 0 bridgehead atoms. The molecule has 0 aromatic carbocycles. The molecule has 0 spiro atoms. The van der Waals surface area contributed by atoms with Gasteiger partial charge < -0.3 is 20.1 Å². The van der Waals surface area contributed by atoms with Crippen LogP contribution in [-0.2, 0) is 9.53 Å². The van der Waals surface area contributed by atoms with Gasteiger partial charge in [0.15, 0.2) is 0 Å². The highest BCUT2D eigenvalue weighted by molar-refractivity contribution is 5.80. The van der Waals surface area contributed by atoms with Crippen LogP contribution in [0.1, 0.15) is 33.6 Å². The van der Waals surface area contributed by atoms with Crippen molar-refractivity contribution in [3.8, 4) is 0 Å². The summed E-state index contributed by atoms with van der Waals surface area (Å²) in [6.07, 6.45) is 1.71. The molecule has 6 nitrogen and oxygen atoms in total. The molecule has 2 N–H and O–H groups in total. The maximum Gasteiger partial charge on any atom is 0.323 e. The van der Waals surface area contributed by atoms with Gasteiger partial charge in [-0.25, -0.2) is 4.79 Å². The van der Waals surface area contributed by atoms with Gasteiger partial charge in [-0.2, -0.15) is 0 Å². The lowest BCUT2D eigenvalue weighted by atomic mass is 10.2. The molecule has 0 aliphatic heterocycles. The van der Waals surface area contributed by atoms with Gasteiger partial charge in [0.1, 0.15) is 6.54 Å². The Morgan fingerprint density at radius 2 is 2.00 bits per heavy atom. The molecule has 0 aliphatic rings. The lowest BCUT2D eigenvalue weighted by Crippen LogP contribution is -2.44. The molecule has 0 rings (SSSR count). The van der Waals surface area contributed by atoms with E-state index in [9.17, 15) is 9.59 Å². The molecule has 0 saturated heterocycles. The molecule has 0 fully saturated rings. The number of carboxylic acids is 1. The van der Waals surface area contributed by atoms with E-state index < -0.39 is 5.97 Å². The standard InChI is InChI=1S/C13H26N2O4/c1-4-7-19-8-5-6-14-13(18)15(9-11(2)3)10-12(16)17/h11H,4-10H2,1-3H3,(H,14,18)(H,16,17). The molecule has 6 heteroatoms. The molecule has 0 unspecified atom stereocenters. The molecular weight excluding hydrogens is 248 g/mol. The van der Waals surface area contributed by atoms with E-state index in [0.717, 1.165) is 19.4 Å². The Hall–Kier alpha value is -1.30. The molecule has 0 heterocycles. The van der Waals surface area contributed by atoms with Crippen molar-refractivity contribution in [1.82, 2.24) is 10.2 Å². The third-order valence-corrected chi connectivity index (χ3v) is 2.29. The summed E-state index contributed by atoms with van der Waals surface area (Å²) >= 11 is 0. The monoisotopic (exact) mass is 274 g/mol. The topological polar surface area (TPSA) is 78.9 Å². The maximum atomic E-state index is 11.8. The van der Waals surface area contributed by atoms with Gasteiger partial charge in [-0.05, 0) is 18.8 Å². The zero-order valence-corrected chi connectivity index (χ0v) is 12.1. The van der Waals surface area contributed by atoms with Crippen molar-refractivity contribution in [3.63, 3.8) is 0 Å². The van der Waals surface area contributed by atoms with Crippen LogP contribution in [0.25, 0.3) is 0 Å². The Bertz CT molecular complexity index is 269. The van der Waals surface area contributed by atoms with Gasteiger partial charge in [-0.15, -0.1) is 0 Å². The van der Waals surface area contributed by atoms with Crippen LogP contribution in [0.15, 0.2) is 0 Å². The number of nitrogens with one attached hydrogen (secondary N) is 1. The molecular formula is C13H26N2O4. The zero-order chi connectivity index (χ0) is 14.7. The SMILES string of the molecule is CCCOCCCNC(=O)N(CC(=O)O)CC(C)C. The van der Waals surface area contributed by atoms with Gasteiger partial charge in [-0.1, -0.05) is 20.8 Å². The predicted octanol–water partition coefficient (Wildman–Crippen LogP) is 1.56. The highest BCUT2D eigenvalue weighted by Crippen LogP contribution is 1.99. The van der Waals surface area contributed by atoms with E-state index >= 15 is 0 Å². The van der Waals surface area contributed by atoms with Crippen LogP contribution >= 0.6 is 0 Å². The molecule has 112 valence electrons. The predicted molar refractivity (Wildman–Crippen MR) is 73.2 cm³/mol. The van der Waals surface area contributed by atoms with Gasteiger partial charge in [0.05, 0.1) is 0 Å². The fourth-order valence-corrected chi connectivity index (χ4v) is 1.55. The van der Waals surface area contributed by atoms with Crippen LogP contribution in [0, 0.1) is 5.92 Å². The second-order valence-corrected chi connectivity index (χ2v) is 4.87. The summed E-state index contributed by atoms with van der Waals surface area (Å²) in [5.74, 6) is -0.764. The maximum absolute atomic E-state index is 11.8. The molecule has 0 aliphatic carbocycles. The smallest absolute Gasteiger partial charge is 0.323 e. The number of carbonyl (C=O) groups is 2. The third kappa shape index (κ3) is 10.3. The molecule has 0 saturated carbocycles. The minimum absolute atomic E-state index is 0.234. The van der Waals surface area contributed by atoms with E-state index in [2.05, 4.69) is 5.32 Å². The van der Waals surface area contributed by atoms with Crippen molar-refractivity contribution in [3.05, 3.63) is 0 Å². The van der Waals surface area contributed by atoms with E-state index in [1.165, 1.54) is 4.90 Å². The van der Waals surface area contributed by atoms with Crippen LogP contribution in [-0.4, -0.2) is 54.9 Å². The number of hydrogen-bond acceptors (Lipinski definition) is 3. The molecule has 0 aromatic rings. The number of hydrogen-bond donors (Lipinski definition) is 2. The zero-order valence-electron chi connectivity index (χ0n) is 12.1. The van der Waals surface area contributed by atoms with E-state index in [1.807, 2.05) is 20.8 Å². The highest BCUT2D eigenvalue weighted by atomic mass is 16.5. The average Bonchev–Trinajstić information content (AvgIpc) is 2.31. The first-order valence-electron chi connectivity index (χ1n) is 6.79. The summed E-state index contributed by atoms with van der Waals surface area (Å²) in [7, 11) is 0. The van der Waals surface area contributed by atoms with Crippen molar-refractivity contribution in [2.75, 3.05) is 32.8 Å². The van der Waals surface area contributed by atoms with Gasteiger partial charge in [0.25, 0.3) is 0 Å². The van der Waals surface area contributed by atoms with Crippen LogP contribution in [0.4, 0.5) is 4.79 Å². The lowest BCUT2D eigenvalue weighted by Gasteiger charge is -2.23. The largest absolute Gasteiger partial charge is 0.480 e. The van der Waals surface area contributed by atoms with Crippen LogP contribution < -0.4 is 5.32 Å². The third-order valence-electron chi connectivity index (χ3n) is 2.29. The molecule has 0 radical (unpaired) electrons. The normalized spacial score (nSPS) is 10.5. The first kappa shape index (κ1) is 17.7. The summed E-state index contributed by atoms with van der Waals surface area (Å²) in [5.41, 5.74) is 0. The van der Waals surface area contributed by atoms with Gasteiger partial charge in [-0.3, -0.25) is 4.79 Å². The van der Waals surface area contributed by atoms with Crippen LogP contribution in [0.5, 0.6) is 0 Å². The number of carboxylic acid groups (broad SMARTS) is 1. The highest BCUT2D eigenvalue weighted by Gasteiger charge is 2.17. The summed E-state index contributed by atoms with van der Waals surface area (Å²) < 4.78 is 5.30. The fourth-order valence-electron chi connectivity index (χ4n) is 1.55. The van der Waals surface area contributed by atoms with Crippen molar-refractivity contribution >= 4 is 12.0 Å². The summed E-state index contributed by atoms with van der Waals surface area (Å²) in [6, 6.07) is -0.327. The Kier molecular flexibility index (Phi) is 9.88. The van der Waals surface area contributed by atoms with Crippen molar-refractivity contribution in [2.24, 2.45) is 5.92 Å². The first-order valence-corrected chi connectivity index (χ1v) is 6.79. The van der Waals surface area contributed by atoms with E-state index in [-0.39, 0.29) is 18.5 Å². The van der Waals surface area contributed by atoms with E-state index in [0.29, 0.717) is 19.7 Å². The van der Waals surface area contributed by atoms with Gasteiger partial charge in [0.2, 0.25) is 0 Å². The number of rotatable bonds is 10. The summed E-state index contributed by atoms with van der Waals surface area (Å²) in [4.78, 5) is 23.8. The molecule has 2 amide bonds. The Balaban J connectivity index is 3.93. The molecule has 19 heavy (non-hydrogen) atoms. The van der Waals surface area contributed by atoms with Crippen molar-refractivity contribution in [2.45, 2.75) is 33.6 Å². The number of nitrogens with zero attached hydrogens (tertiary/aromatic N) is 1. The van der Waals surface area contributed by atoms with Crippen molar-refractivity contribution in [1.29, 1.82) is 0 Å². The Morgan fingerprint density at radius 1 is 1.32 bits per heavy atom. The van der Waals surface area contributed by atoms with Crippen LogP contribution in [0.3, 0.4) is 0 Å². The number of carbonyl (C=O) groups excluding carboxylic acids is 1.